The second-order valence-corrected chi connectivity index (χ2v) is 10.3. The summed E-state index contributed by atoms with van der Waals surface area (Å²) in [6, 6.07) is 0.0917. The van der Waals surface area contributed by atoms with Gasteiger partial charge in [-0.25, -0.2) is 0 Å². The van der Waals surface area contributed by atoms with E-state index in [1.807, 2.05) is 11.8 Å². The number of carbonyl (C=O) groups excluding carboxylic acids is 3. The molecule has 6 nitrogen and oxygen atoms in total. The van der Waals surface area contributed by atoms with E-state index in [0.29, 0.717) is 25.9 Å². The van der Waals surface area contributed by atoms with E-state index < -0.39 is 5.54 Å². The monoisotopic (exact) mass is 375 g/mol. The van der Waals surface area contributed by atoms with Crippen molar-refractivity contribution in [3.8, 4) is 0 Å². The second kappa shape index (κ2) is 6.21. The molecule has 2 atom stereocenters. The van der Waals surface area contributed by atoms with Crippen molar-refractivity contribution in [1.29, 1.82) is 0 Å². The summed E-state index contributed by atoms with van der Waals surface area (Å²) < 4.78 is 0. The van der Waals surface area contributed by atoms with Gasteiger partial charge in [0, 0.05) is 36.4 Å². The molecule has 4 aliphatic rings. The fourth-order valence-electron chi connectivity index (χ4n) is 5.93. The summed E-state index contributed by atoms with van der Waals surface area (Å²) in [5, 5.41) is 6.22. The minimum absolute atomic E-state index is 0.0132. The van der Waals surface area contributed by atoms with Crippen LogP contribution in [0.5, 0.6) is 0 Å². The van der Waals surface area contributed by atoms with Crippen LogP contribution in [0.1, 0.15) is 72.1 Å². The number of hydrogen-bond acceptors (Lipinski definition) is 3. The van der Waals surface area contributed by atoms with Gasteiger partial charge in [0.2, 0.25) is 17.7 Å². The maximum Gasteiger partial charge on any atom is 0.248 e. The Kier molecular flexibility index (Phi) is 4.32. The van der Waals surface area contributed by atoms with E-state index in [-0.39, 0.29) is 34.6 Å². The van der Waals surface area contributed by atoms with E-state index >= 15 is 0 Å². The van der Waals surface area contributed by atoms with E-state index in [1.54, 1.807) is 0 Å². The van der Waals surface area contributed by atoms with Crippen LogP contribution in [-0.4, -0.2) is 47.3 Å². The number of piperidine rings is 1. The topological polar surface area (TPSA) is 78.5 Å². The Morgan fingerprint density at radius 2 is 1.81 bits per heavy atom. The first-order valence-electron chi connectivity index (χ1n) is 10.6. The van der Waals surface area contributed by atoms with Gasteiger partial charge < -0.3 is 15.5 Å². The molecular formula is C21H33N3O3. The van der Waals surface area contributed by atoms with Crippen LogP contribution in [0.25, 0.3) is 0 Å². The summed E-state index contributed by atoms with van der Waals surface area (Å²) in [6.07, 6.45) is 7.30. The molecule has 2 saturated heterocycles. The van der Waals surface area contributed by atoms with E-state index in [2.05, 4.69) is 24.5 Å². The number of likely N-dealkylation sites (tertiary alicyclic amines) is 1. The summed E-state index contributed by atoms with van der Waals surface area (Å²) in [5.74, 6) is 0.970. The number of rotatable bonds is 3. The van der Waals surface area contributed by atoms with E-state index in [1.165, 1.54) is 12.8 Å². The Morgan fingerprint density at radius 1 is 1.11 bits per heavy atom. The van der Waals surface area contributed by atoms with Gasteiger partial charge in [0.1, 0.15) is 5.54 Å². The minimum atomic E-state index is -0.773. The van der Waals surface area contributed by atoms with E-state index in [4.69, 9.17) is 0 Å². The van der Waals surface area contributed by atoms with Gasteiger partial charge >= 0.3 is 0 Å². The number of carbonyl (C=O) groups is 3. The average Bonchev–Trinajstić information content (AvgIpc) is 3.31. The Balaban J connectivity index is 1.40. The molecule has 2 heterocycles. The maximum atomic E-state index is 13.1. The van der Waals surface area contributed by atoms with Crippen LogP contribution in [-0.2, 0) is 14.4 Å². The lowest BCUT2D eigenvalue weighted by Crippen LogP contribution is -2.62. The van der Waals surface area contributed by atoms with Gasteiger partial charge in [-0.2, -0.15) is 0 Å². The molecule has 1 unspecified atom stereocenters. The predicted molar refractivity (Wildman–Crippen MR) is 102 cm³/mol. The molecule has 0 spiro atoms. The Hall–Kier alpha value is -1.59. The molecule has 4 rings (SSSR count). The third-order valence-electron chi connectivity index (χ3n) is 7.78. The highest BCUT2D eigenvalue weighted by atomic mass is 16.2. The van der Waals surface area contributed by atoms with E-state index in [0.717, 1.165) is 31.6 Å². The van der Waals surface area contributed by atoms with Crippen LogP contribution in [0.15, 0.2) is 0 Å². The fourth-order valence-corrected chi connectivity index (χ4v) is 5.93. The molecule has 6 heteroatoms. The number of fused-ring (bicyclic) bond motifs is 2. The van der Waals surface area contributed by atoms with Crippen LogP contribution in [0, 0.1) is 16.7 Å². The van der Waals surface area contributed by atoms with Crippen molar-refractivity contribution in [1.82, 2.24) is 15.5 Å². The van der Waals surface area contributed by atoms with Crippen molar-refractivity contribution in [2.45, 2.75) is 83.7 Å². The van der Waals surface area contributed by atoms with Crippen molar-refractivity contribution < 1.29 is 14.4 Å². The largest absolute Gasteiger partial charge is 0.352 e. The van der Waals surface area contributed by atoms with Gasteiger partial charge in [0.25, 0.3) is 0 Å². The van der Waals surface area contributed by atoms with Crippen molar-refractivity contribution >= 4 is 17.7 Å². The molecule has 150 valence electrons. The smallest absolute Gasteiger partial charge is 0.248 e. The summed E-state index contributed by atoms with van der Waals surface area (Å²) in [6.45, 7) is 7.34. The molecule has 0 aromatic carbocycles. The van der Waals surface area contributed by atoms with Gasteiger partial charge in [0.05, 0.1) is 0 Å². The van der Waals surface area contributed by atoms with E-state index in [9.17, 15) is 14.4 Å². The van der Waals surface area contributed by atoms with Crippen molar-refractivity contribution in [3.63, 3.8) is 0 Å². The first-order valence-corrected chi connectivity index (χ1v) is 10.6. The molecule has 3 amide bonds. The normalized spacial score (nSPS) is 40.1. The van der Waals surface area contributed by atoms with Crippen LogP contribution in [0.3, 0.4) is 0 Å². The Bertz CT molecular complexity index is 666. The van der Waals surface area contributed by atoms with Gasteiger partial charge in [-0.05, 0) is 57.8 Å². The molecule has 0 radical (unpaired) electrons. The Morgan fingerprint density at radius 3 is 2.33 bits per heavy atom. The summed E-state index contributed by atoms with van der Waals surface area (Å²) in [7, 11) is 0. The zero-order valence-corrected chi connectivity index (χ0v) is 16.9. The first kappa shape index (κ1) is 18.8. The number of nitrogens with zero attached hydrogens (tertiary/aromatic N) is 1. The first-order chi connectivity index (χ1) is 12.6. The highest BCUT2D eigenvalue weighted by Crippen LogP contribution is 2.54. The van der Waals surface area contributed by atoms with Crippen LogP contribution in [0.4, 0.5) is 0 Å². The van der Waals surface area contributed by atoms with Crippen molar-refractivity contribution in [2.24, 2.45) is 16.7 Å². The SMILES string of the molecule is CC1(C)CN(C(=O)[C@]2(C)CCC(=O)N2)CCC1NC(=O)C12CCC(CC1)C2. The van der Waals surface area contributed by atoms with Crippen LogP contribution >= 0.6 is 0 Å². The fraction of sp³-hybridized carbons (Fsp3) is 0.857. The molecule has 0 aromatic heterocycles. The highest BCUT2D eigenvalue weighted by molar-refractivity contribution is 5.94. The highest BCUT2D eigenvalue weighted by Gasteiger charge is 2.52. The summed E-state index contributed by atoms with van der Waals surface area (Å²) in [5.41, 5.74) is -1.07. The molecule has 4 fully saturated rings. The lowest BCUT2D eigenvalue weighted by Gasteiger charge is -2.47. The van der Waals surface area contributed by atoms with Crippen LogP contribution in [0.2, 0.25) is 0 Å². The van der Waals surface area contributed by atoms with Crippen LogP contribution < -0.4 is 10.6 Å². The average molecular weight is 376 g/mol. The molecule has 2 aliphatic heterocycles. The third-order valence-corrected chi connectivity index (χ3v) is 7.78. The van der Waals surface area contributed by atoms with Crippen molar-refractivity contribution in [2.75, 3.05) is 13.1 Å². The molecule has 2 N–H and O–H groups in total. The molecule has 0 aromatic rings. The molecule has 2 saturated carbocycles. The quantitative estimate of drug-likeness (QED) is 0.792. The molecule has 27 heavy (non-hydrogen) atoms. The van der Waals surface area contributed by atoms with Gasteiger partial charge in [-0.15, -0.1) is 0 Å². The number of nitrogens with one attached hydrogen (secondary N) is 2. The number of hydrogen-bond donors (Lipinski definition) is 2. The lowest BCUT2D eigenvalue weighted by molar-refractivity contribution is -0.143. The molecule has 2 aliphatic carbocycles. The molecular weight excluding hydrogens is 342 g/mol. The Labute approximate surface area is 161 Å². The molecule has 2 bridgehead atoms. The summed E-state index contributed by atoms with van der Waals surface area (Å²) in [4.78, 5) is 39.6. The van der Waals surface area contributed by atoms with Gasteiger partial charge in [0.15, 0.2) is 0 Å². The lowest BCUT2D eigenvalue weighted by atomic mass is 9.76. The number of amides is 3. The maximum absolute atomic E-state index is 13.1. The minimum Gasteiger partial charge on any atom is -0.352 e. The van der Waals surface area contributed by atoms with Gasteiger partial charge in [-0.1, -0.05) is 13.8 Å². The standard InChI is InChI=1S/C21H33N3O3/c1-19(2)13-24(18(27)20(3)8-6-16(25)23-20)11-7-15(19)22-17(26)21-9-4-14(12-21)5-10-21/h14-15H,4-13H2,1-3H3,(H,22,26)(H,23,25)/t14?,15?,20-,21?/m0/s1. The zero-order chi connectivity index (χ0) is 19.4. The summed E-state index contributed by atoms with van der Waals surface area (Å²) >= 11 is 0. The predicted octanol–water partition coefficient (Wildman–Crippen LogP) is 1.98. The third kappa shape index (κ3) is 3.15. The van der Waals surface area contributed by atoms with Crippen molar-refractivity contribution in [3.05, 3.63) is 0 Å². The second-order valence-electron chi connectivity index (χ2n) is 10.3. The van der Waals surface area contributed by atoms with Gasteiger partial charge in [-0.3, -0.25) is 14.4 Å². The zero-order valence-electron chi connectivity index (χ0n) is 16.9.